The molecule has 5 heteroatoms. The first kappa shape index (κ1) is 13.3. The maximum absolute atomic E-state index is 12.1. The maximum atomic E-state index is 12.1. The van der Waals surface area contributed by atoms with Gasteiger partial charge in [-0.25, -0.2) is 0 Å². The average molecular weight is 255 g/mol. The van der Waals surface area contributed by atoms with E-state index < -0.39 is 18.0 Å². The summed E-state index contributed by atoms with van der Waals surface area (Å²) in [6.45, 7) is 3.39. The quantitative estimate of drug-likeness (QED) is 0.799. The third-order valence-corrected chi connectivity index (χ3v) is 3.71. The van der Waals surface area contributed by atoms with Gasteiger partial charge in [0.15, 0.2) is 0 Å². The van der Waals surface area contributed by atoms with E-state index in [0.717, 1.165) is 6.42 Å². The van der Waals surface area contributed by atoms with Crippen molar-refractivity contribution >= 4 is 11.9 Å². The highest BCUT2D eigenvalue weighted by atomic mass is 16.5. The number of piperidine rings is 1. The topological polar surface area (TPSA) is 66.8 Å². The van der Waals surface area contributed by atoms with Crippen molar-refractivity contribution in [2.75, 3.05) is 19.7 Å². The molecule has 2 atom stereocenters. The van der Waals surface area contributed by atoms with Gasteiger partial charge in [0.1, 0.15) is 6.10 Å². The van der Waals surface area contributed by atoms with Crippen LogP contribution >= 0.6 is 0 Å². The van der Waals surface area contributed by atoms with Crippen LogP contribution in [-0.2, 0) is 14.3 Å². The summed E-state index contributed by atoms with van der Waals surface area (Å²) >= 11 is 0. The van der Waals surface area contributed by atoms with Crippen LogP contribution in [-0.4, -0.2) is 47.7 Å². The Kier molecular flexibility index (Phi) is 4.22. The number of carbonyl (C=O) groups excluding carboxylic acids is 1. The minimum absolute atomic E-state index is 0.0680. The van der Waals surface area contributed by atoms with Gasteiger partial charge in [-0.2, -0.15) is 0 Å². The molecule has 1 aliphatic carbocycles. The summed E-state index contributed by atoms with van der Waals surface area (Å²) in [6, 6.07) is 0. The van der Waals surface area contributed by atoms with Gasteiger partial charge in [0.2, 0.25) is 0 Å². The van der Waals surface area contributed by atoms with Gasteiger partial charge in [0.25, 0.3) is 5.91 Å². The van der Waals surface area contributed by atoms with Crippen LogP contribution in [0.5, 0.6) is 0 Å². The molecular formula is C13H21NO4. The van der Waals surface area contributed by atoms with E-state index in [1.54, 1.807) is 11.8 Å². The lowest BCUT2D eigenvalue weighted by Crippen LogP contribution is -2.46. The van der Waals surface area contributed by atoms with E-state index in [9.17, 15) is 9.59 Å². The minimum atomic E-state index is -0.806. The van der Waals surface area contributed by atoms with Crippen LogP contribution in [0.1, 0.15) is 32.6 Å². The van der Waals surface area contributed by atoms with E-state index in [2.05, 4.69) is 0 Å². The van der Waals surface area contributed by atoms with Crippen molar-refractivity contribution in [2.24, 2.45) is 11.8 Å². The predicted molar refractivity (Wildman–Crippen MR) is 65.1 cm³/mol. The Hall–Kier alpha value is -1.10. The zero-order valence-electron chi connectivity index (χ0n) is 10.8. The summed E-state index contributed by atoms with van der Waals surface area (Å²) in [5.74, 6) is -0.660. The molecule has 1 aliphatic heterocycles. The Labute approximate surface area is 107 Å². The second kappa shape index (κ2) is 5.69. The number of hydrogen-bond donors (Lipinski definition) is 1. The predicted octanol–water partition coefficient (Wildman–Crippen LogP) is 1.12. The summed E-state index contributed by atoms with van der Waals surface area (Å²) < 4.78 is 5.54. The van der Waals surface area contributed by atoms with E-state index in [1.807, 2.05) is 0 Å². The van der Waals surface area contributed by atoms with Crippen molar-refractivity contribution in [3.05, 3.63) is 0 Å². The smallest absolute Gasteiger partial charge is 0.308 e. The van der Waals surface area contributed by atoms with Gasteiger partial charge in [0, 0.05) is 13.1 Å². The number of carboxylic acid groups (broad SMARTS) is 1. The molecular weight excluding hydrogens is 234 g/mol. The Morgan fingerprint density at radius 1 is 1.39 bits per heavy atom. The SMILES string of the molecule is C[C@@H](OCC1CC1)C(=O)N1CCC[C@@H](C(=O)O)C1. The van der Waals surface area contributed by atoms with Crippen LogP contribution < -0.4 is 0 Å². The van der Waals surface area contributed by atoms with Crippen molar-refractivity contribution in [1.29, 1.82) is 0 Å². The number of aliphatic carboxylic acids is 1. The van der Waals surface area contributed by atoms with Crippen molar-refractivity contribution in [3.63, 3.8) is 0 Å². The van der Waals surface area contributed by atoms with Crippen molar-refractivity contribution < 1.29 is 19.4 Å². The van der Waals surface area contributed by atoms with Crippen molar-refractivity contribution in [2.45, 2.75) is 38.7 Å². The van der Waals surface area contributed by atoms with Gasteiger partial charge in [-0.1, -0.05) is 0 Å². The first-order chi connectivity index (χ1) is 8.58. The van der Waals surface area contributed by atoms with Gasteiger partial charge in [-0.05, 0) is 38.5 Å². The van der Waals surface area contributed by atoms with E-state index in [-0.39, 0.29) is 5.91 Å². The zero-order valence-corrected chi connectivity index (χ0v) is 10.8. The fourth-order valence-electron chi connectivity index (χ4n) is 2.27. The van der Waals surface area contributed by atoms with E-state index in [0.29, 0.717) is 32.0 Å². The highest BCUT2D eigenvalue weighted by Crippen LogP contribution is 2.29. The second-order valence-corrected chi connectivity index (χ2v) is 5.38. The lowest BCUT2D eigenvalue weighted by molar-refractivity contribution is -0.150. The molecule has 1 heterocycles. The van der Waals surface area contributed by atoms with Crippen LogP contribution in [0.3, 0.4) is 0 Å². The number of carbonyl (C=O) groups is 2. The summed E-state index contributed by atoms with van der Waals surface area (Å²) in [6.07, 6.45) is 3.38. The molecule has 1 saturated heterocycles. The van der Waals surface area contributed by atoms with Gasteiger partial charge in [-0.3, -0.25) is 9.59 Å². The highest BCUT2D eigenvalue weighted by Gasteiger charge is 2.31. The Balaban J connectivity index is 1.80. The fraction of sp³-hybridized carbons (Fsp3) is 0.846. The third kappa shape index (κ3) is 3.45. The average Bonchev–Trinajstić information content (AvgIpc) is 3.19. The fourth-order valence-corrected chi connectivity index (χ4v) is 2.27. The third-order valence-electron chi connectivity index (χ3n) is 3.71. The van der Waals surface area contributed by atoms with Gasteiger partial charge in [-0.15, -0.1) is 0 Å². The Morgan fingerprint density at radius 2 is 2.11 bits per heavy atom. The molecule has 0 aromatic heterocycles. The molecule has 2 fully saturated rings. The van der Waals surface area contributed by atoms with E-state index in [1.165, 1.54) is 12.8 Å². The molecule has 1 amide bonds. The normalized spacial score (nSPS) is 25.8. The second-order valence-electron chi connectivity index (χ2n) is 5.38. The summed E-state index contributed by atoms with van der Waals surface area (Å²) in [5.41, 5.74) is 0. The molecule has 5 nitrogen and oxygen atoms in total. The summed E-state index contributed by atoms with van der Waals surface area (Å²) in [5, 5.41) is 8.99. The standard InChI is InChI=1S/C13H21NO4/c1-9(18-8-10-4-5-10)12(15)14-6-2-3-11(7-14)13(16)17/h9-11H,2-8H2,1H3,(H,16,17)/t9-,11-/m1/s1. The Bertz CT molecular complexity index is 327. The molecule has 0 radical (unpaired) electrons. The molecule has 1 saturated carbocycles. The maximum Gasteiger partial charge on any atom is 0.308 e. The molecule has 1 N–H and O–H groups in total. The molecule has 102 valence electrons. The highest BCUT2D eigenvalue weighted by molar-refractivity contribution is 5.81. The summed E-state index contributed by atoms with van der Waals surface area (Å²) in [4.78, 5) is 24.7. The lowest BCUT2D eigenvalue weighted by Gasteiger charge is -2.32. The number of ether oxygens (including phenoxy) is 1. The van der Waals surface area contributed by atoms with Gasteiger partial charge >= 0.3 is 5.97 Å². The molecule has 2 rings (SSSR count). The Morgan fingerprint density at radius 3 is 2.72 bits per heavy atom. The largest absolute Gasteiger partial charge is 0.481 e. The summed E-state index contributed by atoms with van der Waals surface area (Å²) in [7, 11) is 0. The number of nitrogens with zero attached hydrogens (tertiary/aromatic N) is 1. The van der Waals surface area contributed by atoms with E-state index in [4.69, 9.17) is 9.84 Å². The van der Waals surface area contributed by atoms with Crippen LogP contribution in [0.2, 0.25) is 0 Å². The van der Waals surface area contributed by atoms with E-state index >= 15 is 0 Å². The number of rotatable bonds is 5. The molecule has 2 aliphatic rings. The molecule has 0 unspecified atom stereocenters. The van der Waals surface area contributed by atoms with Crippen LogP contribution in [0, 0.1) is 11.8 Å². The van der Waals surface area contributed by atoms with Crippen LogP contribution in [0.25, 0.3) is 0 Å². The minimum Gasteiger partial charge on any atom is -0.481 e. The number of amides is 1. The van der Waals surface area contributed by atoms with Gasteiger partial charge in [0.05, 0.1) is 12.5 Å². The first-order valence-corrected chi connectivity index (χ1v) is 6.71. The van der Waals surface area contributed by atoms with Crippen molar-refractivity contribution in [1.82, 2.24) is 4.90 Å². The first-order valence-electron chi connectivity index (χ1n) is 6.71. The zero-order chi connectivity index (χ0) is 13.1. The van der Waals surface area contributed by atoms with Crippen LogP contribution in [0.15, 0.2) is 0 Å². The number of carboxylic acids is 1. The molecule has 18 heavy (non-hydrogen) atoms. The lowest BCUT2D eigenvalue weighted by atomic mass is 9.98. The molecule has 0 spiro atoms. The van der Waals surface area contributed by atoms with Gasteiger partial charge < -0.3 is 14.7 Å². The van der Waals surface area contributed by atoms with Crippen LogP contribution in [0.4, 0.5) is 0 Å². The molecule has 0 bridgehead atoms. The number of hydrogen-bond acceptors (Lipinski definition) is 3. The molecule has 0 aromatic rings. The monoisotopic (exact) mass is 255 g/mol. The number of likely N-dealkylation sites (tertiary alicyclic amines) is 1. The molecule has 0 aromatic carbocycles. The van der Waals surface area contributed by atoms with Crippen molar-refractivity contribution in [3.8, 4) is 0 Å².